The van der Waals surface area contributed by atoms with Crippen LogP contribution in [0.25, 0.3) is 0 Å². The lowest BCUT2D eigenvalue weighted by atomic mass is 10.1. The summed E-state index contributed by atoms with van der Waals surface area (Å²) in [6, 6.07) is 5.95. The standard InChI is InChI=1S/C12H18ClN/c1-4-9(2)8-14-12-7-11(13)6-5-10(12)3/h5-7,9,14H,4,8H2,1-3H3. The fourth-order valence-corrected chi connectivity index (χ4v) is 1.39. The van der Waals surface area contributed by atoms with E-state index in [4.69, 9.17) is 11.6 Å². The lowest BCUT2D eigenvalue weighted by molar-refractivity contribution is 0.593. The molecule has 0 aromatic heterocycles. The molecule has 1 rings (SSSR count). The molecule has 1 atom stereocenters. The number of rotatable bonds is 4. The van der Waals surface area contributed by atoms with Crippen LogP contribution in [0.5, 0.6) is 0 Å². The summed E-state index contributed by atoms with van der Waals surface area (Å²) in [7, 11) is 0. The SMILES string of the molecule is CCC(C)CNc1cc(Cl)ccc1C. The fraction of sp³-hybridized carbons (Fsp3) is 0.500. The van der Waals surface area contributed by atoms with Gasteiger partial charge in [-0.25, -0.2) is 0 Å². The summed E-state index contributed by atoms with van der Waals surface area (Å²) in [4.78, 5) is 0. The first-order valence-electron chi connectivity index (χ1n) is 5.13. The molecule has 1 aromatic rings. The van der Waals surface area contributed by atoms with Crippen molar-refractivity contribution in [3.05, 3.63) is 28.8 Å². The van der Waals surface area contributed by atoms with Crippen LogP contribution in [0.1, 0.15) is 25.8 Å². The van der Waals surface area contributed by atoms with Crippen molar-refractivity contribution in [3.8, 4) is 0 Å². The molecule has 0 aliphatic heterocycles. The highest BCUT2D eigenvalue weighted by atomic mass is 35.5. The number of aryl methyl sites for hydroxylation is 1. The Bertz CT molecular complexity index is 296. The largest absolute Gasteiger partial charge is 0.385 e. The molecule has 0 radical (unpaired) electrons. The molecule has 1 nitrogen and oxygen atoms in total. The maximum absolute atomic E-state index is 5.93. The van der Waals surface area contributed by atoms with Crippen LogP contribution in [0, 0.1) is 12.8 Å². The van der Waals surface area contributed by atoms with E-state index < -0.39 is 0 Å². The zero-order valence-corrected chi connectivity index (χ0v) is 9.86. The second kappa shape index (κ2) is 5.26. The van der Waals surface area contributed by atoms with Gasteiger partial charge in [0.2, 0.25) is 0 Å². The predicted octanol–water partition coefficient (Wildman–Crippen LogP) is 4.11. The molecule has 0 saturated carbocycles. The van der Waals surface area contributed by atoms with Crippen molar-refractivity contribution in [2.45, 2.75) is 27.2 Å². The Hall–Kier alpha value is -0.690. The molecular weight excluding hydrogens is 194 g/mol. The first-order chi connectivity index (χ1) is 6.63. The van der Waals surface area contributed by atoms with E-state index in [1.807, 2.05) is 18.2 Å². The number of hydrogen-bond acceptors (Lipinski definition) is 1. The average Bonchev–Trinajstić information content (AvgIpc) is 2.19. The Morgan fingerprint density at radius 1 is 1.43 bits per heavy atom. The molecule has 78 valence electrons. The molecule has 0 bridgehead atoms. The summed E-state index contributed by atoms with van der Waals surface area (Å²) in [5, 5.41) is 4.21. The van der Waals surface area contributed by atoms with Crippen molar-refractivity contribution in [3.63, 3.8) is 0 Å². The van der Waals surface area contributed by atoms with Gasteiger partial charge in [0, 0.05) is 17.3 Å². The van der Waals surface area contributed by atoms with Crippen molar-refractivity contribution >= 4 is 17.3 Å². The van der Waals surface area contributed by atoms with E-state index in [1.54, 1.807) is 0 Å². The lowest BCUT2D eigenvalue weighted by Crippen LogP contribution is -2.10. The second-order valence-corrected chi connectivity index (χ2v) is 4.29. The van der Waals surface area contributed by atoms with Crippen LogP contribution in [0.3, 0.4) is 0 Å². The molecule has 14 heavy (non-hydrogen) atoms. The minimum atomic E-state index is 0.702. The maximum atomic E-state index is 5.93. The van der Waals surface area contributed by atoms with Crippen molar-refractivity contribution in [2.75, 3.05) is 11.9 Å². The molecule has 0 heterocycles. The third kappa shape index (κ3) is 3.22. The van der Waals surface area contributed by atoms with Gasteiger partial charge in [-0.2, -0.15) is 0 Å². The zero-order chi connectivity index (χ0) is 10.6. The minimum absolute atomic E-state index is 0.702. The van der Waals surface area contributed by atoms with Gasteiger partial charge in [0.25, 0.3) is 0 Å². The number of halogens is 1. The van der Waals surface area contributed by atoms with Crippen molar-refractivity contribution in [2.24, 2.45) is 5.92 Å². The smallest absolute Gasteiger partial charge is 0.0426 e. The quantitative estimate of drug-likeness (QED) is 0.791. The summed E-state index contributed by atoms with van der Waals surface area (Å²) < 4.78 is 0. The van der Waals surface area contributed by atoms with E-state index in [-0.39, 0.29) is 0 Å². The molecule has 0 saturated heterocycles. The van der Waals surface area contributed by atoms with E-state index in [0.717, 1.165) is 17.3 Å². The van der Waals surface area contributed by atoms with E-state index >= 15 is 0 Å². The van der Waals surface area contributed by atoms with Gasteiger partial charge in [-0.1, -0.05) is 37.9 Å². The minimum Gasteiger partial charge on any atom is -0.385 e. The van der Waals surface area contributed by atoms with E-state index in [9.17, 15) is 0 Å². The van der Waals surface area contributed by atoms with E-state index in [2.05, 4.69) is 26.1 Å². The molecule has 0 aliphatic carbocycles. The number of hydrogen-bond donors (Lipinski definition) is 1. The molecule has 0 fully saturated rings. The van der Waals surface area contributed by atoms with Gasteiger partial charge < -0.3 is 5.32 Å². The summed E-state index contributed by atoms with van der Waals surface area (Å²) in [5.41, 5.74) is 2.40. The van der Waals surface area contributed by atoms with Crippen LogP contribution >= 0.6 is 11.6 Å². The zero-order valence-electron chi connectivity index (χ0n) is 9.10. The summed E-state index contributed by atoms with van der Waals surface area (Å²) in [6.07, 6.45) is 1.20. The van der Waals surface area contributed by atoms with Crippen LogP contribution in [0.15, 0.2) is 18.2 Å². The molecule has 1 N–H and O–H groups in total. The van der Waals surface area contributed by atoms with Gasteiger partial charge in [-0.3, -0.25) is 0 Å². The lowest BCUT2D eigenvalue weighted by Gasteiger charge is -2.13. The Balaban J connectivity index is 2.62. The van der Waals surface area contributed by atoms with Crippen LogP contribution in [-0.4, -0.2) is 6.54 Å². The van der Waals surface area contributed by atoms with Gasteiger partial charge >= 0.3 is 0 Å². The highest BCUT2D eigenvalue weighted by molar-refractivity contribution is 6.30. The summed E-state index contributed by atoms with van der Waals surface area (Å²) in [5.74, 6) is 0.702. The normalized spacial score (nSPS) is 12.6. The summed E-state index contributed by atoms with van der Waals surface area (Å²) in [6.45, 7) is 7.55. The highest BCUT2D eigenvalue weighted by Crippen LogP contribution is 2.20. The van der Waals surface area contributed by atoms with Crippen molar-refractivity contribution in [1.82, 2.24) is 0 Å². The molecule has 0 aliphatic rings. The van der Waals surface area contributed by atoms with E-state index in [0.29, 0.717) is 5.92 Å². The molecular formula is C12H18ClN. The Morgan fingerprint density at radius 3 is 2.79 bits per heavy atom. The van der Waals surface area contributed by atoms with Crippen molar-refractivity contribution in [1.29, 1.82) is 0 Å². The highest BCUT2D eigenvalue weighted by Gasteiger charge is 2.01. The van der Waals surface area contributed by atoms with Gasteiger partial charge in [-0.15, -0.1) is 0 Å². The molecule has 2 heteroatoms. The first kappa shape index (κ1) is 11.4. The fourth-order valence-electron chi connectivity index (χ4n) is 1.21. The monoisotopic (exact) mass is 211 g/mol. The Morgan fingerprint density at radius 2 is 2.14 bits per heavy atom. The second-order valence-electron chi connectivity index (χ2n) is 3.85. The van der Waals surface area contributed by atoms with Gasteiger partial charge in [0.15, 0.2) is 0 Å². The van der Waals surface area contributed by atoms with E-state index in [1.165, 1.54) is 12.0 Å². The molecule has 0 amide bonds. The molecule has 0 spiro atoms. The Labute approximate surface area is 91.5 Å². The third-order valence-corrected chi connectivity index (χ3v) is 2.77. The topological polar surface area (TPSA) is 12.0 Å². The number of nitrogens with one attached hydrogen (secondary N) is 1. The molecule has 1 unspecified atom stereocenters. The van der Waals surface area contributed by atoms with Gasteiger partial charge in [-0.05, 0) is 30.5 Å². The van der Waals surface area contributed by atoms with Crippen LogP contribution in [0.4, 0.5) is 5.69 Å². The molecule has 1 aromatic carbocycles. The van der Waals surface area contributed by atoms with Gasteiger partial charge in [0.1, 0.15) is 0 Å². The van der Waals surface area contributed by atoms with Crippen LogP contribution < -0.4 is 5.32 Å². The average molecular weight is 212 g/mol. The number of anilines is 1. The first-order valence-corrected chi connectivity index (χ1v) is 5.51. The van der Waals surface area contributed by atoms with Gasteiger partial charge in [0.05, 0.1) is 0 Å². The third-order valence-electron chi connectivity index (χ3n) is 2.54. The number of benzene rings is 1. The summed E-state index contributed by atoms with van der Waals surface area (Å²) >= 11 is 5.93. The van der Waals surface area contributed by atoms with Crippen molar-refractivity contribution < 1.29 is 0 Å². The predicted molar refractivity (Wildman–Crippen MR) is 64.1 cm³/mol. The van der Waals surface area contributed by atoms with Crippen LogP contribution in [-0.2, 0) is 0 Å². The van der Waals surface area contributed by atoms with Crippen LogP contribution in [0.2, 0.25) is 5.02 Å². The Kier molecular flexibility index (Phi) is 4.27. The maximum Gasteiger partial charge on any atom is 0.0426 e.